The number of unbranched alkanes of at least 4 members (excludes halogenated alkanes) is 6. The monoisotopic (exact) mass is 449 g/mol. The Bertz CT molecular complexity index is 598. The Morgan fingerprint density at radius 3 is 2.31 bits per heavy atom. The number of amides is 2. The Morgan fingerprint density at radius 1 is 0.875 bits per heavy atom. The van der Waals surface area contributed by atoms with Crippen LogP contribution in [0.2, 0.25) is 0 Å². The highest BCUT2D eigenvalue weighted by Gasteiger charge is 2.17. The van der Waals surface area contributed by atoms with Crippen molar-refractivity contribution in [3.05, 3.63) is 35.9 Å². The molecule has 182 valence electrons. The van der Waals surface area contributed by atoms with E-state index in [4.69, 9.17) is 9.84 Å². The molecule has 0 saturated heterocycles. The van der Waals surface area contributed by atoms with E-state index in [9.17, 15) is 9.59 Å². The molecule has 2 amide bonds. The van der Waals surface area contributed by atoms with Crippen LogP contribution < -0.4 is 16.0 Å². The Labute approximate surface area is 193 Å². The largest absolute Gasteiger partial charge is 0.465 e. The molecule has 0 aliphatic rings. The summed E-state index contributed by atoms with van der Waals surface area (Å²) in [5, 5.41) is 17.4. The molecule has 1 rings (SSSR count). The van der Waals surface area contributed by atoms with Crippen LogP contribution in [0.15, 0.2) is 30.3 Å². The van der Waals surface area contributed by atoms with Crippen molar-refractivity contribution in [2.45, 2.75) is 83.7 Å². The zero-order chi connectivity index (χ0) is 23.3. The van der Waals surface area contributed by atoms with Gasteiger partial charge in [0.2, 0.25) is 5.91 Å². The highest BCUT2D eigenvalue weighted by molar-refractivity contribution is 5.81. The van der Waals surface area contributed by atoms with Gasteiger partial charge in [0.15, 0.2) is 0 Å². The van der Waals surface area contributed by atoms with Crippen LogP contribution in [0.3, 0.4) is 0 Å². The summed E-state index contributed by atoms with van der Waals surface area (Å²) in [7, 11) is 0. The average molecular weight is 450 g/mol. The minimum absolute atomic E-state index is 0.0111. The van der Waals surface area contributed by atoms with E-state index in [0.29, 0.717) is 39.1 Å². The summed E-state index contributed by atoms with van der Waals surface area (Å²) in [6.07, 6.45) is 9.45. The smallest absolute Gasteiger partial charge is 0.404 e. The number of carbonyl (C=O) groups excluding carboxylic acids is 1. The molecule has 0 radical (unpaired) electrons. The van der Waals surface area contributed by atoms with Gasteiger partial charge in [-0.1, -0.05) is 69.4 Å². The molecule has 0 aliphatic heterocycles. The molecule has 0 saturated carbocycles. The fraction of sp³-hybridized carbons (Fsp3) is 0.680. The minimum atomic E-state index is -1.01. The summed E-state index contributed by atoms with van der Waals surface area (Å²) in [4.78, 5) is 23.2. The quantitative estimate of drug-likeness (QED) is 0.220. The number of hydrogen-bond acceptors (Lipinski definition) is 4. The third-order valence-electron chi connectivity index (χ3n) is 5.31. The van der Waals surface area contributed by atoms with Crippen molar-refractivity contribution in [1.82, 2.24) is 16.0 Å². The van der Waals surface area contributed by atoms with Crippen LogP contribution in [0, 0.1) is 0 Å². The third-order valence-corrected chi connectivity index (χ3v) is 5.31. The van der Waals surface area contributed by atoms with Gasteiger partial charge in [-0.05, 0) is 37.7 Å². The second-order valence-corrected chi connectivity index (χ2v) is 8.17. The summed E-state index contributed by atoms with van der Waals surface area (Å²) in [5.41, 5.74) is 1.13. The number of ether oxygens (including phenoxy) is 1. The van der Waals surface area contributed by atoms with Crippen LogP contribution in [-0.2, 0) is 16.1 Å². The summed E-state index contributed by atoms with van der Waals surface area (Å²) >= 11 is 0. The predicted molar refractivity (Wildman–Crippen MR) is 129 cm³/mol. The number of nitrogens with one attached hydrogen (secondary N) is 3. The van der Waals surface area contributed by atoms with E-state index in [2.05, 4.69) is 22.9 Å². The lowest BCUT2D eigenvalue weighted by atomic mass is 10.1. The lowest BCUT2D eigenvalue weighted by Crippen LogP contribution is -2.44. The van der Waals surface area contributed by atoms with Crippen molar-refractivity contribution in [2.75, 3.05) is 26.3 Å². The molecule has 0 spiro atoms. The molecule has 7 nitrogen and oxygen atoms in total. The maximum Gasteiger partial charge on any atom is 0.404 e. The van der Waals surface area contributed by atoms with Crippen LogP contribution >= 0.6 is 0 Å². The van der Waals surface area contributed by atoms with E-state index in [-0.39, 0.29) is 11.9 Å². The first kappa shape index (κ1) is 27.9. The molecule has 7 heteroatoms. The Balaban J connectivity index is 2.23. The molecule has 0 aliphatic carbocycles. The number of carboxylic acid groups (broad SMARTS) is 1. The van der Waals surface area contributed by atoms with Gasteiger partial charge in [-0.15, -0.1) is 0 Å². The molecule has 1 aromatic rings. The zero-order valence-corrected chi connectivity index (χ0v) is 19.7. The molecule has 1 aromatic carbocycles. The van der Waals surface area contributed by atoms with E-state index in [0.717, 1.165) is 31.4 Å². The lowest BCUT2D eigenvalue weighted by molar-refractivity contribution is -0.123. The normalized spacial score (nSPS) is 11.8. The first-order valence-electron chi connectivity index (χ1n) is 12.2. The van der Waals surface area contributed by atoms with E-state index in [1.54, 1.807) is 0 Å². The molecule has 4 N–H and O–H groups in total. The van der Waals surface area contributed by atoms with Gasteiger partial charge in [-0.25, -0.2) is 4.79 Å². The predicted octanol–water partition coefficient (Wildman–Crippen LogP) is 4.47. The van der Waals surface area contributed by atoms with Gasteiger partial charge >= 0.3 is 6.09 Å². The summed E-state index contributed by atoms with van der Waals surface area (Å²) in [6, 6.07) is 9.69. The number of rotatable bonds is 20. The number of benzene rings is 1. The average Bonchev–Trinajstić information content (AvgIpc) is 2.79. The SMILES string of the molecule is CCCCCCCCOCCCNC(=O)[C@H](CCCCNC(=O)O)NCc1ccccc1. The van der Waals surface area contributed by atoms with Crippen molar-refractivity contribution >= 4 is 12.0 Å². The van der Waals surface area contributed by atoms with Crippen molar-refractivity contribution in [3.63, 3.8) is 0 Å². The lowest BCUT2D eigenvalue weighted by Gasteiger charge is -2.19. The zero-order valence-electron chi connectivity index (χ0n) is 19.7. The van der Waals surface area contributed by atoms with Gasteiger partial charge in [0, 0.05) is 32.8 Å². The fourth-order valence-corrected chi connectivity index (χ4v) is 3.43. The van der Waals surface area contributed by atoms with E-state index in [1.807, 2.05) is 30.3 Å². The first-order chi connectivity index (χ1) is 15.6. The molecule has 32 heavy (non-hydrogen) atoms. The van der Waals surface area contributed by atoms with Crippen LogP contribution in [0.5, 0.6) is 0 Å². The van der Waals surface area contributed by atoms with Gasteiger partial charge in [0.1, 0.15) is 0 Å². The minimum Gasteiger partial charge on any atom is -0.465 e. The van der Waals surface area contributed by atoms with Gasteiger partial charge in [0.05, 0.1) is 6.04 Å². The molecular formula is C25H43N3O4. The molecule has 0 unspecified atom stereocenters. The molecule has 1 atom stereocenters. The van der Waals surface area contributed by atoms with E-state index in [1.165, 1.54) is 32.1 Å². The van der Waals surface area contributed by atoms with Gasteiger partial charge < -0.3 is 25.8 Å². The Hall–Kier alpha value is -2.12. The second kappa shape index (κ2) is 19.6. The maximum absolute atomic E-state index is 12.7. The standard InChI is InChI=1S/C25H43N3O4/c1-2-3-4-5-6-12-19-32-20-13-18-26-24(29)23(16-10-11-17-27-25(30)31)28-21-22-14-8-7-9-15-22/h7-9,14-15,23,27-28H,2-6,10-13,16-21H2,1H3,(H,26,29)(H,30,31)/t23-/m0/s1. The fourth-order valence-electron chi connectivity index (χ4n) is 3.43. The number of carbonyl (C=O) groups is 2. The molecule has 0 bridgehead atoms. The topological polar surface area (TPSA) is 99.7 Å². The van der Waals surface area contributed by atoms with Crippen LogP contribution in [-0.4, -0.2) is 49.5 Å². The van der Waals surface area contributed by atoms with E-state index >= 15 is 0 Å². The number of hydrogen-bond donors (Lipinski definition) is 4. The van der Waals surface area contributed by atoms with Crippen molar-refractivity contribution in [1.29, 1.82) is 0 Å². The maximum atomic E-state index is 12.7. The Kier molecular flexibility index (Phi) is 17.1. The van der Waals surface area contributed by atoms with E-state index < -0.39 is 6.09 Å². The van der Waals surface area contributed by atoms with Crippen molar-refractivity contribution < 1.29 is 19.4 Å². The molecule has 0 fully saturated rings. The molecular weight excluding hydrogens is 406 g/mol. The first-order valence-corrected chi connectivity index (χ1v) is 12.2. The van der Waals surface area contributed by atoms with Gasteiger partial charge in [-0.3, -0.25) is 4.79 Å². The highest BCUT2D eigenvalue weighted by atomic mass is 16.5. The van der Waals surface area contributed by atoms with Crippen molar-refractivity contribution in [2.24, 2.45) is 0 Å². The highest BCUT2D eigenvalue weighted by Crippen LogP contribution is 2.06. The Morgan fingerprint density at radius 2 is 1.56 bits per heavy atom. The molecule has 0 heterocycles. The summed E-state index contributed by atoms with van der Waals surface area (Å²) < 4.78 is 5.68. The summed E-state index contributed by atoms with van der Waals surface area (Å²) in [5.74, 6) is -0.0111. The summed E-state index contributed by atoms with van der Waals surface area (Å²) in [6.45, 7) is 5.30. The van der Waals surface area contributed by atoms with Crippen LogP contribution in [0.1, 0.15) is 76.7 Å². The second-order valence-electron chi connectivity index (χ2n) is 8.17. The van der Waals surface area contributed by atoms with Gasteiger partial charge in [-0.2, -0.15) is 0 Å². The third kappa shape index (κ3) is 15.6. The van der Waals surface area contributed by atoms with Crippen LogP contribution in [0.25, 0.3) is 0 Å². The van der Waals surface area contributed by atoms with Crippen molar-refractivity contribution in [3.8, 4) is 0 Å². The van der Waals surface area contributed by atoms with Gasteiger partial charge in [0.25, 0.3) is 0 Å². The molecule has 0 aromatic heterocycles. The van der Waals surface area contributed by atoms with Crippen LogP contribution in [0.4, 0.5) is 4.79 Å².